The van der Waals surface area contributed by atoms with Gasteiger partial charge in [0.2, 0.25) is 0 Å². The maximum absolute atomic E-state index is 12.7. The molecular formula is C22H26N2O3. The number of unbranched alkanes of at least 4 members (excludes halogenated alkanes) is 1. The second-order valence-electron chi connectivity index (χ2n) is 6.73. The number of carbonyl (C=O) groups excluding carboxylic acids is 2. The van der Waals surface area contributed by atoms with Crippen molar-refractivity contribution in [3.63, 3.8) is 0 Å². The van der Waals surface area contributed by atoms with Gasteiger partial charge in [-0.15, -0.1) is 0 Å². The average Bonchev–Trinajstić information content (AvgIpc) is 3.13. The summed E-state index contributed by atoms with van der Waals surface area (Å²) in [6.45, 7) is 5.51. The van der Waals surface area contributed by atoms with Crippen molar-refractivity contribution < 1.29 is 14.3 Å². The Bertz CT molecular complexity index is 794. The third kappa shape index (κ3) is 4.48. The van der Waals surface area contributed by atoms with Gasteiger partial charge in [-0.1, -0.05) is 37.6 Å². The van der Waals surface area contributed by atoms with E-state index in [-0.39, 0.29) is 11.8 Å². The molecule has 3 rings (SSSR count). The van der Waals surface area contributed by atoms with Crippen molar-refractivity contribution in [1.29, 1.82) is 0 Å². The number of hydrogen-bond acceptors (Lipinski definition) is 3. The highest BCUT2D eigenvalue weighted by Gasteiger charge is 2.28. The zero-order valence-electron chi connectivity index (χ0n) is 15.9. The summed E-state index contributed by atoms with van der Waals surface area (Å²) in [7, 11) is 0. The van der Waals surface area contributed by atoms with Crippen molar-refractivity contribution >= 4 is 17.5 Å². The van der Waals surface area contributed by atoms with Gasteiger partial charge in [-0.05, 0) is 43.2 Å². The van der Waals surface area contributed by atoms with E-state index in [9.17, 15) is 9.59 Å². The highest BCUT2D eigenvalue weighted by Crippen LogP contribution is 2.28. The molecule has 0 saturated heterocycles. The fourth-order valence-electron chi connectivity index (χ4n) is 3.22. The zero-order valence-corrected chi connectivity index (χ0v) is 15.9. The summed E-state index contributed by atoms with van der Waals surface area (Å²) in [5.41, 5.74) is 2.23. The van der Waals surface area contributed by atoms with Crippen molar-refractivity contribution in [2.75, 3.05) is 18.4 Å². The van der Waals surface area contributed by atoms with Gasteiger partial charge in [0.1, 0.15) is 5.75 Å². The lowest BCUT2D eigenvalue weighted by Crippen LogP contribution is -2.32. The van der Waals surface area contributed by atoms with Crippen molar-refractivity contribution in [2.45, 2.75) is 39.2 Å². The number of para-hydroxylation sites is 1. The fraction of sp³-hybridized carbons (Fsp3) is 0.364. The number of amides is 2. The van der Waals surface area contributed by atoms with E-state index in [1.165, 1.54) is 0 Å². The number of benzene rings is 2. The number of nitrogens with zero attached hydrogens (tertiary/aromatic N) is 1. The second kappa shape index (κ2) is 8.71. The van der Waals surface area contributed by atoms with Crippen LogP contribution >= 0.6 is 0 Å². The molecule has 142 valence electrons. The molecule has 0 radical (unpaired) electrons. The number of anilines is 1. The minimum atomic E-state index is -0.543. The Kier molecular flexibility index (Phi) is 6.12. The van der Waals surface area contributed by atoms with E-state index in [1.807, 2.05) is 36.1 Å². The summed E-state index contributed by atoms with van der Waals surface area (Å²) >= 11 is 0. The monoisotopic (exact) mass is 366 g/mol. The molecule has 0 fully saturated rings. The molecule has 0 aromatic heterocycles. The number of hydrogen-bond donors (Lipinski definition) is 1. The smallest absolute Gasteiger partial charge is 0.265 e. The number of carbonyl (C=O) groups is 2. The molecule has 2 aromatic carbocycles. The quantitative estimate of drug-likeness (QED) is 0.809. The summed E-state index contributed by atoms with van der Waals surface area (Å²) in [6, 6.07) is 14.8. The molecule has 5 heteroatoms. The summed E-state index contributed by atoms with van der Waals surface area (Å²) < 4.78 is 5.73. The van der Waals surface area contributed by atoms with Crippen LogP contribution in [0.5, 0.6) is 5.75 Å². The number of nitrogens with one attached hydrogen (secondary N) is 1. The predicted molar refractivity (Wildman–Crippen MR) is 106 cm³/mol. The first-order valence-corrected chi connectivity index (χ1v) is 9.57. The molecular weight excluding hydrogens is 340 g/mol. The van der Waals surface area contributed by atoms with Crippen molar-refractivity contribution in [1.82, 2.24) is 4.90 Å². The lowest BCUT2D eigenvalue weighted by Gasteiger charge is -2.21. The topological polar surface area (TPSA) is 58.6 Å². The van der Waals surface area contributed by atoms with E-state index in [0.29, 0.717) is 24.2 Å². The molecule has 1 aliphatic rings. The average molecular weight is 366 g/mol. The molecule has 1 heterocycles. The molecule has 1 atom stereocenters. The summed E-state index contributed by atoms with van der Waals surface area (Å²) in [5, 5.41) is 2.88. The van der Waals surface area contributed by atoms with E-state index in [0.717, 1.165) is 30.7 Å². The van der Waals surface area contributed by atoms with Crippen LogP contribution in [0.2, 0.25) is 0 Å². The van der Waals surface area contributed by atoms with E-state index in [1.54, 1.807) is 24.3 Å². The van der Waals surface area contributed by atoms with E-state index < -0.39 is 6.10 Å². The largest absolute Gasteiger partial charge is 0.480 e. The first-order valence-electron chi connectivity index (χ1n) is 9.57. The van der Waals surface area contributed by atoms with E-state index in [2.05, 4.69) is 12.2 Å². The first-order chi connectivity index (χ1) is 13.1. The molecule has 0 bridgehead atoms. The third-order valence-electron chi connectivity index (χ3n) is 4.77. The number of ether oxygens (including phenoxy) is 1. The maximum Gasteiger partial charge on any atom is 0.265 e. The zero-order chi connectivity index (χ0) is 19.2. The molecule has 2 amide bonds. The van der Waals surface area contributed by atoms with Gasteiger partial charge in [0.25, 0.3) is 11.8 Å². The highest BCUT2D eigenvalue weighted by molar-refractivity contribution is 5.98. The molecule has 0 spiro atoms. The molecule has 5 nitrogen and oxygen atoms in total. The Hall–Kier alpha value is -2.82. The van der Waals surface area contributed by atoms with Crippen LogP contribution in [0.1, 0.15) is 42.6 Å². The van der Waals surface area contributed by atoms with Gasteiger partial charge in [-0.25, -0.2) is 0 Å². The molecule has 1 N–H and O–H groups in total. The van der Waals surface area contributed by atoms with E-state index in [4.69, 9.17) is 4.74 Å². The van der Waals surface area contributed by atoms with Gasteiger partial charge in [0.15, 0.2) is 6.10 Å². The van der Waals surface area contributed by atoms with Crippen LogP contribution in [-0.4, -0.2) is 35.9 Å². The third-order valence-corrected chi connectivity index (χ3v) is 4.77. The van der Waals surface area contributed by atoms with Crippen LogP contribution in [0.15, 0.2) is 48.5 Å². The predicted octanol–water partition coefficient (Wildman–Crippen LogP) is 3.89. The van der Waals surface area contributed by atoms with Crippen LogP contribution in [0.3, 0.4) is 0 Å². The Morgan fingerprint density at radius 1 is 1.15 bits per heavy atom. The van der Waals surface area contributed by atoms with Crippen LogP contribution in [0.25, 0.3) is 0 Å². The number of fused-ring (bicyclic) bond motifs is 1. The highest BCUT2D eigenvalue weighted by atomic mass is 16.5. The van der Waals surface area contributed by atoms with Gasteiger partial charge in [-0.2, -0.15) is 0 Å². The van der Waals surface area contributed by atoms with Crippen molar-refractivity contribution in [3.05, 3.63) is 59.7 Å². The second-order valence-corrected chi connectivity index (χ2v) is 6.73. The van der Waals surface area contributed by atoms with Crippen LogP contribution in [-0.2, 0) is 11.2 Å². The van der Waals surface area contributed by atoms with Crippen LogP contribution in [0.4, 0.5) is 5.69 Å². The lowest BCUT2D eigenvalue weighted by atomic mass is 10.1. The molecule has 27 heavy (non-hydrogen) atoms. The Morgan fingerprint density at radius 2 is 1.96 bits per heavy atom. The summed E-state index contributed by atoms with van der Waals surface area (Å²) in [4.78, 5) is 27.1. The normalized spacial score (nSPS) is 15.0. The minimum absolute atomic E-state index is 0.00781. The molecule has 0 aliphatic carbocycles. The van der Waals surface area contributed by atoms with Crippen LogP contribution in [0, 0.1) is 0 Å². The summed E-state index contributed by atoms with van der Waals surface area (Å²) in [5.74, 6) is 0.553. The Morgan fingerprint density at radius 3 is 2.70 bits per heavy atom. The van der Waals surface area contributed by atoms with Gasteiger partial charge >= 0.3 is 0 Å². The van der Waals surface area contributed by atoms with E-state index >= 15 is 0 Å². The minimum Gasteiger partial charge on any atom is -0.480 e. The number of rotatable bonds is 7. The maximum atomic E-state index is 12.7. The molecule has 1 unspecified atom stereocenters. The standard InChI is InChI=1S/C22H26N2O3/c1-3-5-13-24(4-2)22(26)17-10-8-11-18(14-17)23-21(25)20-15-16-9-6-7-12-19(16)27-20/h6-12,14,20H,3-5,13,15H2,1-2H3,(H,23,25). The van der Waals surface area contributed by atoms with Gasteiger partial charge in [0, 0.05) is 30.8 Å². The van der Waals surface area contributed by atoms with Crippen molar-refractivity contribution in [2.24, 2.45) is 0 Å². The molecule has 1 aliphatic heterocycles. The SMILES string of the molecule is CCCCN(CC)C(=O)c1cccc(NC(=O)C2Cc3ccccc3O2)c1. The fourth-order valence-corrected chi connectivity index (χ4v) is 3.22. The van der Waals surface area contributed by atoms with Gasteiger partial charge in [-0.3, -0.25) is 9.59 Å². The summed E-state index contributed by atoms with van der Waals surface area (Å²) in [6.07, 6.45) is 2.04. The van der Waals surface area contributed by atoms with Gasteiger partial charge in [0.05, 0.1) is 0 Å². The Balaban J connectivity index is 1.65. The van der Waals surface area contributed by atoms with Gasteiger partial charge < -0.3 is 15.0 Å². The lowest BCUT2D eigenvalue weighted by molar-refractivity contribution is -0.122. The Labute approximate surface area is 160 Å². The van der Waals surface area contributed by atoms with Crippen molar-refractivity contribution in [3.8, 4) is 5.75 Å². The first kappa shape index (κ1) is 19.0. The molecule has 0 saturated carbocycles. The van der Waals surface area contributed by atoms with Crippen LogP contribution < -0.4 is 10.1 Å². The molecule has 2 aromatic rings.